The number of anilines is 1. The Morgan fingerprint density at radius 3 is 2.29 bits per heavy atom. The summed E-state index contributed by atoms with van der Waals surface area (Å²) in [5.41, 5.74) is 2.63. The van der Waals surface area contributed by atoms with E-state index < -0.39 is 0 Å². The van der Waals surface area contributed by atoms with Crippen molar-refractivity contribution in [3.8, 4) is 0 Å². The molecule has 0 heterocycles. The average molecular weight is 393 g/mol. The van der Waals surface area contributed by atoms with Crippen LogP contribution in [-0.2, 0) is 11.2 Å². The predicted octanol–water partition coefficient (Wildman–Crippen LogP) is 5.01. The monoisotopic (exact) mass is 392 g/mol. The van der Waals surface area contributed by atoms with E-state index in [-0.39, 0.29) is 24.3 Å². The number of hydrogen-bond donors (Lipinski definition) is 2. The van der Waals surface area contributed by atoms with Gasteiger partial charge >= 0.3 is 0 Å². The Hall–Kier alpha value is -3.11. The lowest BCUT2D eigenvalue weighted by molar-refractivity contribution is -0.115. The van der Waals surface area contributed by atoms with E-state index in [4.69, 9.17) is 11.6 Å². The summed E-state index contributed by atoms with van der Waals surface area (Å²) in [7, 11) is 0. The van der Waals surface area contributed by atoms with E-state index in [0.29, 0.717) is 16.3 Å². The third-order valence-corrected chi connectivity index (χ3v) is 4.77. The second-order valence-corrected chi connectivity index (χ2v) is 6.87. The fourth-order valence-corrected chi connectivity index (χ4v) is 3.10. The first-order valence-electron chi connectivity index (χ1n) is 9.02. The van der Waals surface area contributed by atoms with Crippen molar-refractivity contribution in [2.75, 3.05) is 5.32 Å². The Morgan fingerprint density at radius 2 is 1.54 bits per heavy atom. The van der Waals surface area contributed by atoms with E-state index in [1.165, 1.54) is 0 Å². The Labute approximate surface area is 169 Å². The first-order valence-corrected chi connectivity index (χ1v) is 9.40. The molecule has 3 rings (SSSR count). The zero-order valence-corrected chi connectivity index (χ0v) is 16.2. The van der Waals surface area contributed by atoms with E-state index in [9.17, 15) is 9.59 Å². The van der Waals surface area contributed by atoms with E-state index in [1.54, 1.807) is 30.3 Å². The molecule has 142 valence electrons. The minimum atomic E-state index is -0.245. The third kappa shape index (κ3) is 4.99. The Balaban J connectivity index is 1.71. The van der Waals surface area contributed by atoms with Gasteiger partial charge in [0.2, 0.25) is 5.91 Å². The summed E-state index contributed by atoms with van der Waals surface area (Å²) in [4.78, 5) is 25.2. The molecule has 0 saturated heterocycles. The Morgan fingerprint density at radius 1 is 0.893 bits per heavy atom. The average Bonchev–Trinajstić information content (AvgIpc) is 2.70. The Kier molecular flexibility index (Phi) is 6.45. The van der Waals surface area contributed by atoms with Crippen LogP contribution < -0.4 is 10.6 Å². The van der Waals surface area contributed by atoms with Gasteiger partial charge in [0.1, 0.15) is 0 Å². The van der Waals surface area contributed by atoms with Gasteiger partial charge in [-0.1, -0.05) is 72.3 Å². The molecule has 1 atom stereocenters. The lowest BCUT2D eigenvalue weighted by atomic mass is 10.1. The molecule has 0 aliphatic heterocycles. The van der Waals surface area contributed by atoms with Gasteiger partial charge in [-0.05, 0) is 36.2 Å². The summed E-state index contributed by atoms with van der Waals surface area (Å²) in [6.07, 6.45) is 0.135. The van der Waals surface area contributed by atoms with Gasteiger partial charge in [-0.25, -0.2) is 0 Å². The molecule has 5 heteroatoms. The molecule has 2 N–H and O–H groups in total. The van der Waals surface area contributed by atoms with Gasteiger partial charge in [0.25, 0.3) is 5.91 Å². The second kappa shape index (κ2) is 9.20. The maximum absolute atomic E-state index is 12.8. The molecule has 0 unspecified atom stereocenters. The zero-order valence-electron chi connectivity index (χ0n) is 15.5. The summed E-state index contributed by atoms with van der Waals surface area (Å²) in [5, 5.41) is 6.34. The van der Waals surface area contributed by atoms with Gasteiger partial charge in [-0.15, -0.1) is 0 Å². The quantitative estimate of drug-likeness (QED) is 0.619. The van der Waals surface area contributed by atoms with Gasteiger partial charge in [0.15, 0.2) is 0 Å². The van der Waals surface area contributed by atoms with Crippen LogP contribution in [0, 0.1) is 0 Å². The highest BCUT2D eigenvalue weighted by molar-refractivity contribution is 6.31. The topological polar surface area (TPSA) is 58.2 Å². The van der Waals surface area contributed by atoms with Crippen LogP contribution in [0.2, 0.25) is 5.02 Å². The fourth-order valence-electron chi connectivity index (χ4n) is 2.90. The molecule has 0 saturated carbocycles. The Bertz CT molecular complexity index is 973. The number of benzene rings is 3. The number of nitrogens with one attached hydrogen (secondary N) is 2. The highest BCUT2D eigenvalue weighted by Crippen LogP contribution is 2.20. The van der Waals surface area contributed by atoms with Crippen molar-refractivity contribution >= 4 is 29.1 Å². The smallest absolute Gasteiger partial charge is 0.253 e. The molecule has 3 aromatic carbocycles. The normalized spacial score (nSPS) is 11.5. The van der Waals surface area contributed by atoms with Gasteiger partial charge in [0, 0.05) is 5.02 Å². The van der Waals surface area contributed by atoms with Gasteiger partial charge < -0.3 is 10.6 Å². The second-order valence-electron chi connectivity index (χ2n) is 6.47. The van der Waals surface area contributed by atoms with Gasteiger partial charge in [-0.3, -0.25) is 9.59 Å². The van der Waals surface area contributed by atoms with Crippen molar-refractivity contribution in [1.82, 2.24) is 5.32 Å². The molecular formula is C23H21ClN2O2. The van der Waals surface area contributed by atoms with Crippen LogP contribution in [0.4, 0.5) is 5.69 Å². The number of para-hydroxylation sites is 1. The van der Waals surface area contributed by atoms with Crippen molar-refractivity contribution in [2.24, 2.45) is 0 Å². The highest BCUT2D eigenvalue weighted by Gasteiger charge is 2.16. The molecule has 0 radical (unpaired) electrons. The molecule has 0 aliphatic carbocycles. The van der Waals surface area contributed by atoms with Crippen LogP contribution in [0.25, 0.3) is 0 Å². The van der Waals surface area contributed by atoms with E-state index >= 15 is 0 Å². The zero-order chi connectivity index (χ0) is 19.9. The fraction of sp³-hybridized carbons (Fsp3) is 0.130. The van der Waals surface area contributed by atoms with Crippen molar-refractivity contribution in [2.45, 2.75) is 19.4 Å². The van der Waals surface area contributed by atoms with Crippen molar-refractivity contribution in [3.63, 3.8) is 0 Å². The van der Waals surface area contributed by atoms with E-state index in [1.807, 2.05) is 55.5 Å². The number of carbonyl (C=O) groups is 2. The minimum Gasteiger partial charge on any atom is -0.345 e. The summed E-state index contributed by atoms with van der Waals surface area (Å²) >= 11 is 6.12. The first-order chi connectivity index (χ1) is 13.5. The number of hydrogen-bond acceptors (Lipinski definition) is 2. The van der Waals surface area contributed by atoms with Crippen LogP contribution in [0.1, 0.15) is 34.5 Å². The third-order valence-electron chi connectivity index (χ3n) is 4.40. The number of carbonyl (C=O) groups excluding carboxylic acids is 2. The molecule has 0 spiro atoms. The maximum atomic E-state index is 12.8. The van der Waals surface area contributed by atoms with Crippen LogP contribution in [0.3, 0.4) is 0 Å². The van der Waals surface area contributed by atoms with Crippen LogP contribution in [-0.4, -0.2) is 11.8 Å². The summed E-state index contributed by atoms with van der Waals surface area (Å²) in [5.74, 6) is -0.477. The van der Waals surface area contributed by atoms with Crippen LogP contribution in [0.5, 0.6) is 0 Å². The van der Waals surface area contributed by atoms with Crippen LogP contribution >= 0.6 is 11.6 Å². The molecule has 3 aromatic rings. The summed E-state index contributed by atoms with van der Waals surface area (Å²) < 4.78 is 0. The van der Waals surface area contributed by atoms with E-state index in [2.05, 4.69) is 10.6 Å². The van der Waals surface area contributed by atoms with E-state index in [0.717, 1.165) is 11.1 Å². The summed E-state index contributed by atoms with van der Waals surface area (Å²) in [6.45, 7) is 1.92. The van der Waals surface area contributed by atoms with Crippen LogP contribution in [0.15, 0.2) is 78.9 Å². The summed E-state index contributed by atoms with van der Waals surface area (Å²) in [6, 6.07) is 23.7. The van der Waals surface area contributed by atoms with Crippen molar-refractivity contribution < 1.29 is 9.59 Å². The van der Waals surface area contributed by atoms with Crippen molar-refractivity contribution in [3.05, 3.63) is 101 Å². The largest absolute Gasteiger partial charge is 0.345 e. The molecule has 0 aromatic heterocycles. The van der Waals surface area contributed by atoms with Gasteiger partial charge in [-0.2, -0.15) is 0 Å². The molecule has 0 fully saturated rings. The standard InChI is InChI=1S/C23H21ClN2O2/c1-16(17-9-3-2-4-10-17)25-23(28)19-12-6-8-14-21(19)26-22(27)15-18-11-5-7-13-20(18)24/h2-14,16H,15H2,1H3,(H,25,28)(H,26,27)/t16-/m1/s1. The van der Waals surface area contributed by atoms with Crippen molar-refractivity contribution in [1.29, 1.82) is 0 Å². The maximum Gasteiger partial charge on any atom is 0.253 e. The number of rotatable bonds is 6. The lowest BCUT2D eigenvalue weighted by Gasteiger charge is -2.16. The molecule has 0 aliphatic rings. The molecular weight excluding hydrogens is 372 g/mol. The molecule has 4 nitrogen and oxygen atoms in total. The number of amides is 2. The molecule has 2 amide bonds. The molecule has 28 heavy (non-hydrogen) atoms. The minimum absolute atomic E-state index is 0.135. The highest BCUT2D eigenvalue weighted by atomic mass is 35.5. The van der Waals surface area contributed by atoms with Gasteiger partial charge in [0.05, 0.1) is 23.7 Å². The lowest BCUT2D eigenvalue weighted by Crippen LogP contribution is -2.28. The SMILES string of the molecule is C[C@@H](NC(=O)c1ccccc1NC(=O)Cc1ccccc1Cl)c1ccccc1. The predicted molar refractivity (Wildman–Crippen MR) is 113 cm³/mol. The number of halogens is 1. The first kappa shape index (κ1) is 19.6. The molecule has 0 bridgehead atoms.